The molecule has 3 heteroatoms. The van der Waals surface area contributed by atoms with Gasteiger partial charge in [0.25, 0.3) is 0 Å². The highest BCUT2D eigenvalue weighted by Gasteiger charge is 2.59. The fourth-order valence-corrected chi connectivity index (χ4v) is 10.4. The molecule has 0 aliphatic heterocycles. The van der Waals surface area contributed by atoms with Gasteiger partial charge in [-0.25, -0.2) is 0 Å². The standard InChI is InChI=1S/C36H53BrO2/c1-24(2)10-9-11-25(3)30-16-17-31-29-15-14-27-23-28(18-20-35(27,4)32(29)19-21-36(30,31)5)39-34(38)33(37)22-26-12-7-6-8-13-26/h6-8,12-14,24-25,28-33H,9-11,15-23H2,1-5H3/t25-,28+,29+,30-,31+,32+,33-,35+,36-/m1/s1. The summed E-state index contributed by atoms with van der Waals surface area (Å²) in [6, 6.07) is 10.2. The second-order valence-electron chi connectivity index (χ2n) is 14.7. The zero-order valence-electron chi connectivity index (χ0n) is 25.3. The fraction of sp³-hybridized carbons (Fsp3) is 0.750. The van der Waals surface area contributed by atoms with E-state index in [2.05, 4.69) is 68.8 Å². The van der Waals surface area contributed by atoms with E-state index in [0.717, 1.165) is 53.9 Å². The van der Waals surface area contributed by atoms with Crippen molar-refractivity contribution in [2.24, 2.45) is 46.3 Å². The number of rotatable bonds is 9. The molecule has 4 aliphatic carbocycles. The van der Waals surface area contributed by atoms with Gasteiger partial charge in [0.05, 0.1) is 0 Å². The Bertz CT molecular complexity index is 1020. The zero-order chi connectivity index (χ0) is 27.8. The van der Waals surface area contributed by atoms with Crippen LogP contribution in [0.1, 0.15) is 111 Å². The topological polar surface area (TPSA) is 26.3 Å². The third-order valence-electron chi connectivity index (χ3n) is 12.1. The van der Waals surface area contributed by atoms with Crippen molar-refractivity contribution in [1.29, 1.82) is 0 Å². The minimum absolute atomic E-state index is 0.0283. The highest BCUT2D eigenvalue weighted by Crippen LogP contribution is 2.67. The van der Waals surface area contributed by atoms with E-state index in [1.807, 2.05) is 18.2 Å². The molecule has 4 aliphatic rings. The van der Waals surface area contributed by atoms with Crippen LogP contribution in [-0.2, 0) is 16.0 Å². The summed E-state index contributed by atoms with van der Waals surface area (Å²) in [4.78, 5) is 12.7. The summed E-state index contributed by atoms with van der Waals surface area (Å²) in [5.41, 5.74) is 3.60. The quantitative estimate of drug-likeness (QED) is 0.161. The Morgan fingerprint density at radius 2 is 1.77 bits per heavy atom. The van der Waals surface area contributed by atoms with Gasteiger partial charge in [-0.3, -0.25) is 4.79 Å². The molecule has 0 bridgehead atoms. The van der Waals surface area contributed by atoms with Gasteiger partial charge < -0.3 is 4.74 Å². The smallest absolute Gasteiger partial charge is 0.320 e. The predicted molar refractivity (Wildman–Crippen MR) is 166 cm³/mol. The summed E-state index contributed by atoms with van der Waals surface area (Å²) in [6.07, 6.45) is 17.6. The second kappa shape index (κ2) is 12.0. The van der Waals surface area contributed by atoms with Crippen LogP contribution in [0.15, 0.2) is 42.0 Å². The largest absolute Gasteiger partial charge is 0.461 e. The first-order chi connectivity index (χ1) is 18.6. The molecule has 0 N–H and O–H groups in total. The second-order valence-corrected chi connectivity index (χ2v) is 15.9. The van der Waals surface area contributed by atoms with Gasteiger partial charge in [0.1, 0.15) is 10.9 Å². The third-order valence-corrected chi connectivity index (χ3v) is 12.8. The molecule has 0 heterocycles. The molecule has 0 radical (unpaired) electrons. The number of esters is 1. The van der Waals surface area contributed by atoms with Gasteiger partial charge in [0, 0.05) is 6.42 Å². The SMILES string of the molecule is CC(C)CCC[C@@H](C)[C@H]1CC[C@H]2[C@@H]3CC=C4C[C@@H](OC(=O)[C@H](Br)Cc5ccccc5)CC[C@]4(C)[C@H]3CC[C@]12C. The highest BCUT2D eigenvalue weighted by molar-refractivity contribution is 9.10. The summed E-state index contributed by atoms with van der Waals surface area (Å²) in [6.45, 7) is 12.6. The van der Waals surface area contributed by atoms with E-state index >= 15 is 0 Å². The molecule has 0 aromatic heterocycles. The number of hydrogen-bond acceptors (Lipinski definition) is 2. The molecule has 0 saturated heterocycles. The van der Waals surface area contributed by atoms with Crippen LogP contribution in [0, 0.1) is 46.3 Å². The molecule has 5 rings (SSSR count). The van der Waals surface area contributed by atoms with Crippen molar-refractivity contribution >= 4 is 21.9 Å². The van der Waals surface area contributed by atoms with E-state index in [9.17, 15) is 4.79 Å². The number of halogens is 1. The van der Waals surface area contributed by atoms with Crippen LogP contribution in [0.2, 0.25) is 0 Å². The number of ether oxygens (including phenoxy) is 1. The zero-order valence-corrected chi connectivity index (χ0v) is 26.8. The molecule has 1 aromatic rings. The number of fused-ring (bicyclic) bond motifs is 5. The maximum atomic E-state index is 12.9. The van der Waals surface area contributed by atoms with Crippen molar-refractivity contribution in [3.63, 3.8) is 0 Å². The number of benzene rings is 1. The molecule has 3 fully saturated rings. The number of hydrogen-bond donors (Lipinski definition) is 0. The number of alkyl halides is 1. The van der Waals surface area contributed by atoms with Crippen molar-refractivity contribution in [2.45, 2.75) is 123 Å². The van der Waals surface area contributed by atoms with Crippen LogP contribution in [0.3, 0.4) is 0 Å². The molecule has 3 saturated carbocycles. The van der Waals surface area contributed by atoms with Crippen molar-refractivity contribution < 1.29 is 9.53 Å². The van der Waals surface area contributed by atoms with Gasteiger partial charge in [-0.1, -0.05) is 112 Å². The van der Waals surface area contributed by atoms with E-state index in [0.29, 0.717) is 17.3 Å². The maximum Gasteiger partial charge on any atom is 0.320 e. The number of allylic oxidation sites excluding steroid dienone is 1. The molecule has 0 unspecified atom stereocenters. The Kier molecular flexibility index (Phi) is 9.07. The Balaban J connectivity index is 1.21. The van der Waals surface area contributed by atoms with Gasteiger partial charge in [0.2, 0.25) is 0 Å². The lowest BCUT2D eigenvalue weighted by Gasteiger charge is -2.58. The van der Waals surface area contributed by atoms with E-state index in [1.54, 1.807) is 5.57 Å². The summed E-state index contributed by atoms with van der Waals surface area (Å²) < 4.78 is 6.10. The molecule has 39 heavy (non-hydrogen) atoms. The molecule has 0 spiro atoms. The van der Waals surface area contributed by atoms with Crippen LogP contribution in [0.25, 0.3) is 0 Å². The van der Waals surface area contributed by atoms with Crippen molar-refractivity contribution in [1.82, 2.24) is 0 Å². The first-order valence-corrected chi connectivity index (χ1v) is 17.1. The molecular formula is C36H53BrO2. The van der Waals surface area contributed by atoms with Gasteiger partial charge in [-0.15, -0.1) is 0 Å². The fourth-order valence-electron chi connectivity index (χ4n) is 9.90. The third kappa shape index (κ3) is 5.96. The van der Waals surface area contributed by atoms with Gasteiger partial charge in [-0.05, 0) is 103 Å². The molecule has 1 aromatic carbocycles. The van der Waals surface area contributed by atoms with Crippen molar-refractivity contribution in [2.75, 3.05) is 0 Å². The van der Waals surface area contributed by atoms with Crippen LogP contribution in [0.5, 0.6) is 0 Å². The van der Waals surface area contributed by atoms with Crippen molar-refractivity contribution in [3.05, 3.63) is 47.5 Å². The van der Waals surface area contributed by atoms with Gasteiger partial charge in [-0.2, -0.15) is 0 Å². The predicted octanol–water partition coefficient (Wildman–Crippen LogP) is 9.95. The average molecular weight is 598 g/mol. The Morgan fingerprint density at radius 1 is 1.00 bits per heavy atom. The Morgan fingerprint density at radius 3 is 2.51 bits per heavy atom. The van der Waals surface area contributed by atoms with Crippen LogP contribution in [-0.4, -0.2) is 16.9 Å². The summed E-state index contributed by atoms with van der Waals surface area (Å²) >= 11 is 3.61. The lowest BCUT2D eigenvalue weighted by molar-refractivity contribution is -0.150. The molecule has 0 amide bonds. The van der Waals surface area contributed by atoms with Gasteiger partial charge >= 0.3 is 5.97 Å². The minimum atomic E-state index is -0.281. The van der Waals surface area contributed by atoms with E-state index in [4.69, 9.17) is 4.74 Å². The van der Waals surface area contributed by atoms with Gasteiger partial charge in [0.15, 0.2) is 0 Å². The average Bonchev–Trinajstić information content (AvgIpc) is 3.26. The molecule has 216 valence electrons. The highest BCUT2D eigenvalue weighted by atomic mass is 79.9. The molecule has 9 atom stereocenters. The summed E-state index contributed by atoms with van der Waals surface area (Å²) in [5, 5.41) is 0. The summed E-state index contributed by atoms with van der Waals surface area (Å²) in [5.74, 6) is 5.06. The number of carbonyl (C=O) groups excluding carboxylic acids is 1. The van der Waals surface area contributed by atoms with E-state index < -0.39 is 0 Å². The first kappa shape index (κ1) is 29.4. The monoisotopic (exact) mass is 596 g/mol. The van der Waals surface area contributed by atoms with Crippen molar-refractivity contribution in [3.8, 4) is 0 Å². The van der Waals surface area contributed by atoms with Crippen LogP contribution in [0.4, 0.5) is 0 Å². The van der Waals surface area contributed by atoms with Crippen LogP contribution < -0.4 is 0 Å². The molecule has 2 nitrogen and oxygen atoms in total. The lowest BCUT2D eigenvalue weighted by atomic mass is 9.47. The molecular weight excluding hydrogens is 544 g/mol. The van der Waals surface area contributed by atoms with E-state index in [-0.39, 0.29) is 16.9 Å². The first-order valence-electron chi connectivity index (χ1n) is 16.2. The van der Waals surface area contributed by atoms with Crippen LogP contribution >= 0.6 is 15.9 Å². The van der Waals surface area contributed by atoms with E-state index in [1.165, 1.54) is 57.8 Å². The Labute approximate surface area is 247 Å². The normalized spacial score (nSPS) is 37.3. The minimum Gasteiger partial charge on any atom is -0.461 e. The number of carbonyl (C=O) groups is 1. The lowest BCUT2D eigenvalue weighted by Crippen LogP contribution is -2.51. The Hall–Kier alpha value is -1.09. The summed E-state index contributed by atoms with van der Waals surface area (Å²) in [7, 11) is 0. The maximum absolute atomic E-state index is 12.9.